The molecule has 0 aliphatic carbocycles. The van der Waals surface area contributed by atoms with Gasteiger partial charge in [0.25, 0.3) is 0 Å². The third-order valence-corrected chi connectivity index (χ3v) is 8.15. The van der Waals surface area contributed by atoms with Crippen molar-refractivity contribution < 1.29 is 18.1 Å². The molecule has 9 nitrogen and oxygen atoms in total. The normalized spacial score (nSPS) is 15.6. The van der Waals surface area contributed by atoms with Crippen LogP contribution in [-0.2, 0) is 14.8 Å². The Balaban J connectivity index is 1.74. The Hall–Kier alpha value is -2.85. The Morgan fingerprint density at radius 2 is 1.74 bits per heavy atom. The van der Waals surface area contributed by atoms with Gasteiger partial charge in [0.1, 0.15) is 11.9 Å². The Morgan fingerprint density at radius 3 is 2.29 bits per heavy atom. The van der Waals surface area contributed by atoms with Crippen molar-refractivity contribution in [2.24, 2.45) is 5.92 Å². The monoisotopic (exact) mass is 446 g/mol. The van der Waals surface area contributed by atoms with Gasteiger partial charge in [-0.25, -0.2) is 8.42 Å². The van der Waals surface area contributed by atoms with Crippen LogP contribution in [0.25, 0.3) is 0 Å². The highest BCUT2D eigenvalue weighted by Crippen LogP contribution is 2.32. The van der Waals surface area contributed by atoms with E-state index in [1.165, 1.54) is 16.6 Å². The first kappa shape index (κ1) is 22.8. The number of sulfonamides is 1. The number of nitrogens with one attached hydrogen (secondary N) is 1. The van der Waals surface area contributed by atoms with E-state index in [0.29, 0.717) is 17.7 Å². The number of benzene rings is 1. The predicted molar refractivity (Wildman–Crippen MR) is 116 cm³/mol. The van der Waals surface area contributed by atoms with E-state index in [4.69, 9.17) is 0 Å². The number of rotatable bonds is 5. The average molecular weight is 447 g/mol. The summed E-state index contributed by atoms with van der Waals surface area (Å²) < 4.78 is 28.2. The summed E-state index contributed by atoms with van der Waals surface area (Å²) in [6.45, 7) is 7.85. The third-order valence-electron chi connectivity index (χ3n) is 5.97. The van der Waals surface area contributed by atoms with Crippen LogP contribution in [0.2, 0.25) is 0 Å². The fourth-order valence-electron chi connectivity index (χ4n) is 3.93. The van der Waals surface area contributed by atoms with Gasteiger partial charge in [-0.3, -0.25) is 19.9 Å². The number of aromatic nitrogens is 1. The summed E-state index contributed by atoms with van der Waals surface area (Å²) in [5, 5.41) is 13.7. The first-order valence-corrected chi connectivity index (χ1v) is 11.4. The van der Waals surface area contributed by atoms with Gasteiger partial charge in [-0.2, -0.15) is 4.31 Å². The molecule has 0 bridgehead atoms. The van der Waals surface area contributed by atoms with Gasteiger partial charge in [0.2, 0.25) is 15.9 Å². The van der Waals surface area contributed by atoms with Gasteiger partial charge < -0.3 is 5.32 Å². The van der Waals surface area contributed by atoms with Crippen molar-refractivity contribution in [3.05, 3.63) is 56.9 Å². The van der Waals surface area contributed by atoms with Crippen molar-refractivity contribution in [3.8, 4) is 0 Å². The van der Waals surface area contributed by atoms with Gasteiger partial charge in [-0.1, -0.05) is 6.07 Å². The highest BCUT2D eigenvalue weighted by Gasteiger charge is 2.34. The second-order valence-electron chi connectivity index (χ2n) is 7.91. The Kier molecular flexibility index (Phi) is 6.42. The molecule has 31 heavy (non-hydrogen) atoms. The van der Waals surface area contributed by atoms with Crippen LogP contribution in [0.15, 0.2) is 29.4 Å². The van der Waals surface area contributed by atoms with Gasteiger partial charge >= 0.3 is 5.69 Å². The molecule has 0 radical (unpaired) electrons. The molecule has 1 amide bonds. The van der Waals surface area contributed by atoms with E-state index >= 15 is 0 Å². The minimum atomic E-state index is -3.69. The predicted octanol–water partition coefficient (Wildman–Crippen LogP) is 3.26. The summed E-state index contributed by atoms with van der Waals surface area (Å²) in [6.07, 6.45) is 3.13. The molecule has 10 heteroatoms. The van der Waals surface area contributed by atoms with E-state index in [-0.39, 0.29) is 30.4 Å². The number of nitrogens with zero attached hydrogens (tertiary/aromatic N) is 3. The van der Waals surface area contributed by atoms with Crippen molar-refractivity contribution >= 4 is 27.3 Å². The molecule has 0 spiro atoms. The van der Waals surface area contributed by atoms with Crippen molar-refractivity contribution in [1.29, 1.82) is 0 Å². The molecule has 3 rings (SSSR count). The van der Waals surface area contributed by atoms with Crippen molar-refractivity contribution in [2.75, 3.05) is 18.4 Å². The van der Waals surface area contributed by atoms with Gasteiger partial charge in [-0.05, 0) is 68.9 Å². The summed E-state index contributed by atoms with van der Waals surface area (Å²) in [5.41, 5.74) is 3.14. The molecule has 0 saturated carbocycles. The number of hydrogen-bond donors (Lipinski definition) is 1. The van der Waals surface area contributed by atoms with E-state index in [1.54, 1.807) is 0 Å². The number of anilines is 1. The van der Waals surface area contributed by atoms with Gasteiger partial charge in [0.15, 0.2) is 0 Å². The molecule has 1 aromatic heterocycles. The van der Waals surface area contributed by atoms with Crippen LogP contribution < -0.4 is 5.32 Å². The summed E-state index contributed by atoms with van der Waals surface area (Å²) >= 11 is 0. The average Bonchev–Trinajstić information content (AvgIpc) is 2.72. The second kappa shape index (κ2) is 8.72. The number of hydrogen-bond acceptors (Lipinski definition) is 6. The molecule has 1 saturated heterocycles. The van der Waals surface area contributed by atoms with E-state index in [9.17, 15) is 23.3 Å². The lowest BCUT2D eigenvalue weighted by atomic mass is 9.97. The quantitative estimate of drug-likeness (QED) is 0.555. The molecular formula is C21H26N4O5S. The van der Waals surface area contributed by atoms with E-state index < -0.39 is 20.9 Å². The van der Waals surface area contributed by atoms with Crippen LogP contribution in [-0.4, -0.2) is 41.6 Å². The molecule has 1 aliphatic rings. The summed E-state index contributed by atoms with van der Waals surface area (Å²) in [4.78, 5) is 27.2. The Bertz CT molecular complexity index is 1110. The van der Waals surface area contributed by atoms with Crippen LogP contribution in [0.3, 0.4) is 0 Å². The number of carbonyl (C=O) groups excluding carboxylic acids is 1. The summed E-state index contributed by atoms with van der Waals surface area (Å²) in [5.74, 6) is -0.786. The van der Waals surface area contributed by atoms with Gasteiger partial charge in [0.05, 0.1) is 9.82 Å². The van der Waals surface area contributed by atoms with Crippen LogP contribution in [0, 0.1) is 43.7 Å². The molecule has 0 unspecified atom stereocenters. The number of piperidine rings is 1. The fraction of sp³-hybridized carbons (Fsp3) is 0.429. The minimum Gasteiger partial charge on any atom is -0.320 e. The highest BCUT2D eigenvalue weighted by atomic mass is 32.2. The maximum Gasteiger partial charge on any atom is 0.310 e. The van der Waals surface area contributed by atoms with Crippen LogP contribution in [0.5, 0.6) is 0 Å². The minimum absolute atomic E-state index is 0.0848. The number of nitro groups is 1. The first-order valence-electron chi connectivity index (χ1n) is 10.0. The number of amides is 1. The molecule has 2 heterocycles. The molecule has 1 aromatic carbocycles. The largest absolute Gasteiger partial charge is 0.320 e. The first-order chi connectivity index (χ1) is 14.5. The standard InChI is InChI=1S/C21H26N4O5S/c1-13-11-14(2)16(4)20(15(13)3)31(29,30)24-9-6-17(7-10-24)21(26)23-18-5-8-22-12-19(18)25(27)28/h5,8,11-12,17H,6-7,9-10H2,1-4H3,(H,22,23,26). The molecule has 1 N–H and O–H groups in total. The zero-order valence-corrected chi connectivity index (χ0v) is 18.8. The third kappa shape index (κ3) is 4.45. The zero-order chi connectivity index (χ0) is 22.9. The molecule has 166 valence electrons. The number of carbonyl (C=O) groups is 1. The SMILES string of the molecule is Cc1cc(C)c(C)c(S(=O)(=O)N2CCC(C(=O)Nc3ccncc3[N+](=O)[O-])CC2)c1C. The maximum absolute atomic E-state index is 13.4. The van der Waals surface area contributed by atoms with Crippen molar-refractivity contribution in [2.45, 2.75) is 45.4 Å². The summed E-state index contributed by atoms with van der Waals surface area (Å²) in [7, 11) is -3.69. The van der Waals surface area contributed by atoms with Crippen LogP contribution in [0.1, 0.15) is 35.1 Å². The Labute approximate surface area is 181 Å². The number of pyridine rings is 1. The van der Waals surface area contributed by atoms with E-state index in [2.05, 4.69) is 10.3 Å². The summed E-state index contributed by atoms with van der Waals surface area (Å²) in [6, 6.07) is 3.36. The van der Waals surface area contributed by atoms with Crippen LogP contribution in [0.4, 0.5) is 11.4 Å². The zero-order valence-electron chi connectivity index (χ0n) is 18.0. The number of aryl methyl sites for hydroxylation is 2. The topological polar surface area (TPSA) is 123 Å². The Morgan fingerprint density at radius 1 is 1.16 bits per heavy atom. The molecule has 0 atom stereocenters. The molecule has 1 aliphatic heterocycles. The lowest BCUT2D eigenvalue weighted by Crippen LogP contribution is -2.42. The fourth-order valence-corrected chi connectivity index (χ4v) is 5.97. The smallest absolute Gasteiger partial charge is 0.310 e. The molecular weight excluding hydrogens is 420 g/mol. The van der Waals surface area contributed by atoms with Gasteiger partial charge in [-0.15, -0.1) is 0 Å². The van der Waals surface area contributed by atoms with Crippen molar-refractivity contribution in [1.82, 2.24) is 9.29 Å². The maximum atomic E-state index is 13.4. The lowest BCUT2D eigenvalue weighted by Gasteiger charge is -2.31. The van der Waals surface area contributed by atoms with Crippen LogP contribution >= 0.6 is 0 Å². The lowest BCUT2D eigenvalue weighted by molar-refractivity contribution is -0.384. The van der Waals surface area contributed by atoms with E-state index in [1.807, 2.05) is 33.8 Å². The molecule has 1 fully saturated rings. The second-order valence-corrected chi connectivity index (χ2v) is 9.78. The van der Waals surface area contributed by atoms with E-state index in [0.717, 1.165) is 28.5 Å². The van der Waals surface area contributed by atoms with Gasteiger partial charge in [0, 0.05) is 25.2 Å². The highest BCUT2D eigenvalue weighted by molar-refractivity contribution is 7.89. The van der Waals surface area contributed by atoms with Crippen molar-refractivity contribution in [3.63, 3.8) is 0 Å². The molecule has 2 aromatic rings.